The molecule has 1 aromatic heterocycles. The number of aromatic nitrogens is 1. The maximum atomic E-state index is 12.4. The van der Waals surface area contributed by atoms with Crippen LogP contribution in [-0.4, -0.2) is 10.9 Å². The molecule has 20 heavy (non-hydrogen) atoms. The number of carbonyl (C=O) groups excluding carboxylic acids is 1. The number of amides is 1. The van der Waals surface area contributed by atoms with Crippen molar-refractivity contribution in [2.75, 3.05) is 5.32 Å². The van der Waals surface area contributed by atoms with Crippen LogP contribution in [0.3, 0.4) is 0 Å². The Hall–Kier alpha value is -2.10. The van der Waals surface area contributed by atoms with E-state index in [-0.39, 0.29) is 5.69 Å². The Bertz CT molecular complexity index is 539. The predicted octanol–water partition coefficient (Wildman–Crippen LogP) is 3.12. The molecule has 2 rings (SSSR count). The molecule has 1 aliphatic carbocycles. The smallest absolute Gasteiger partial charge is 0.323 e. The van der Waals surface area contributed by atoms with Crippen LogP contribution < -0.4 is 5.32 Å². The van der Waals surface area contributed by atoms with E-state index >= 15 is 0 Å². The van der Waals surface area contributed by atoms with Crippen LogP contribution in [0.15, 0.2) is 18.3 Å². The lowest BCUT2D eigenvalue weighted by Crippen LogP contribution is -2.32. The van der Waals surface area contributed by atoms with E-state index in [1.54, 1.807) is 0 Å². The molecule has 0 radical (unpaired) electrons. The van der Waals surface area contributed by atoms with Crippen molar-refractivity contribution in [2.24, 2.45) is 5.41 Å². The minimum Gasteiger partial charge on any atom is -0.323 e. The van der Waals surface area contributed by atoms with Crippen molar-refractivity contribution in [3.05, 3.63) is 24.0 Å². The largest absolute Gasteiger partial charge is 0.433 e. The normalized spacial score (nSPS) is 17.5. The molecular formula is C13H12F3N3O. The molecule has 0 aromatic carbocycles. The summed E-state index contributed by atoms with van der Waals surface area (Å²) in [5.41, 5.74) is -1.93. The van der Waals surface area contributed by atoms with Gasteiger partial charge in [-0.25, -0.2) is 4.98 Å². The van der Waals surface area contributed by atoms with Crippen molar-refractivity contribution >= 4 is 11.6 Å². The Labute approximate surface area is 113 Å². The highest BCUT2D eigenvalue weighted by molar-refractivity contribution is 5.97. The Morgan fingerprint density at radius 3 is 2.45 bits per heavy atom. The number of rotatable bonds is 2. The molecule has 1 aromatic rings. The van der Waals surface area contributed by atoms with Gasteiger partial charge in [0.05, 0.1) is 18.0 Å². The molecule has 1 heterocycles. The zero-order valence-electron chi connectivity index (χ0n) is 10.5. The fourth-order valence-corrected chi connectivity index (χ4v) is 2.25. The topological polar surface area (TPSA) is 65.8 Å². The van der Waals surface area contributed by atoms with Crippen LogP contribution in [0.25, 0.3) is 0 Å². The van der Waals surface area contributed by atoms with Crippen LogP contribution in [-0.2, 0) is 11.0 Å². The first-order valence-electron chi connectivity index (χ1n) is 6.13. The van der Waals surface area contributed by atoms with E-state index in [4.69, 9.17) is 5.26 Å². The lowest BCUT2D eigenvalue weighted by Gasteiger charge is -2.19. The van der Waals surface area contributed by atoms with Gasteiger partial charge in [-0.2, -0.15) is 18.4 Å². The van der Waals surface area contributed by atoms with Crippen LogP contribution in [0, 0.1) is 16.7 Å². The summed E-state index contributed by atoms with van der Waals surface area (Å²) in [6.45, 7) is 0. The summed E-state index contributed by atoms with van der Waals surface area (Å²) in [7, 11) is 0. The molecule has 1 fully saturated rings. The highest BCUT2D eigenvalue weighted by atomic mass is 19.4. The van der Waals surface area contributed by atoms with Gasteiger partial charge in [-0.15, -0.1) is 0 Å². The second-order valence-electron chi connectivity index (χ2n) is 4.79. The summed E-state index contributed by atoms with van der Waals surface area (Å²) in [6, 6.07) is 3.95. The van der Waals surface area contributed by atoms with Gasteiger partial charge < -0.3 is 5.32 Å². The van der Waals surface area contributed by atoms with E-state index in [9.17, 15) is 18.0 Å². The SMILES string of the molecule is N#CC1(C(=O)Nc2ccc(C(F)(F)F)nc2)CCCC1. The minimum absolute atomic E-state index is 0.157. The first-order valence-corrected chi connectivity index (χ1v) is 6.13. The quantitative estimate of drug-likeness (QED) is 0.906. The average molecular weight is 283 g/mol. The summed E-state index contributed by atoms with van der Waals surface area (Å²) in [5.74, 6) is -0.473. The molecule has 0 bridgehead atoms. The maximum Gasteiger partial charge on any atom is 0.433 e. The molecule has 0 atom stereocenters. The molecule has 0 spiro atoms. The highest BCUT2D eigenvalue weighted by Crippen LogP contribution is 2.38. The molecule has 1 amide bonds. The number of nitrogens with zero attached hydrogens (tertiary/aromatic N) is 2. The van der Waals surface area contributed by atoms with Crippen molar-refractivity contribution in [3.63, 3.8) is 0 Å². The molecule has 0 saturated heterocycles. The standard InChI is InChI=1S/C13H12F3N3O/c14-13(15,16)10-4-3-9(7-18-10)19-11(20)12(8-17)5-1-2-6-12/h3-4,7H,1-2,5-6H2,(H,19,20). The van der Waals surface area contributed by atoms with E-state index in [0.717, 1.165) is 31.2 Å². The van der Waals surface area contributed by atoms with Gasteiger partial charge in [0, 0.05) is 0 Å². The summed E-state index contributed by atoms with van der Waals surface area (Å²) >= 11 is 0. The molecule has 0 unspecified atom stereocenters. The summed E-state index contributed by atoms with van der Waals surface area (Å²) in [6.07, 6.45) is -1.02. The Balaban J connectivity index is 2.11. The molecule has 1 N–H and O–H groups in total. The van der Waals surface area contributed by atoms with E-state index in [1.165, 1.54) is 0 Å². The van der Waals surface area contributed by atoms with Crippen LogP contribution in [0.5, 0.6) is 0 Å². The van der Waals surface area contributed by atoms with Crippen molar-refractivity contribution in [2.45, 2.75) is 31.9 Å². The lowest BCUT2D eigenvalue weighted by molar-refractivity contribution is -0.141. The zero-order chi connectivity index (χ0) is 14.8. The Kier molecular flexibility index (Phi) is 3.66. The van der Waals surface area contributed by atoms with Gasteiger partial charge in [-0.1, -0.05) is 12.8 Å². The van der Waals surface area contributed by atoms with Gasteiger partial charge >= 0.3 is 6.18 Å². The number of hydrogen-bond donors (Lipinski definition) is 1. The Morgan fingerprint density at radius 2 is 2.00 bits per heavy atom. The third kappa shape index (κ3) is 2.74. The average Bonchev–Trinajstić information content (AvgIpc) is 2.88. The van der Waals surface area contributed by atoms with Gasteiger partial charge in [-0.3, -0.25) is 4.79 Å². The third-order valence-corrected chi connectivity index (χ3v) is 3.42. The van der Waals surface area contributed by atoms with Gasteiger partial charge in [0.2, 0.25) is 5.91 Å². The summed E-state index contributed by atoms with van der Waals surface area (Å²) in [4.78, 5) is 15.3. The van der Waals surface area contributed by atoms with Crippen LogP contribution >= 0.6 is 0 Å². The molecular weight excluding hydrogens is 271 g/mol. The number of nitriles is 1. The number of hydrogen-bond acceptors (Lipinski definition) is 3. The number of carbonyl (C=O) groups is 1. The van der Waals surface area contributed by atoms with E-state index in [2.05, 4.69) is 10.3 Å². The molecule has 106 valence electrons. The zero-order valence-corrected chi connectivity index (χ0v) is 10.5. The number of halogens is 3. The second kappa shape index (κ2) is 5.12. The predicted molar refractivity (Wildman–Crippen MR) is 64.4 cm³/mol. The van der Waals surface area contributed by atoms with E-state index < -0.39 is 23.2 Å². The maximum absolute atomic E-state index is 12.4. The van der Waals surface area contributed by atoms with Crippen LogP contribution in [0.2, 0.25) is 0 Å². The van der Waals surface area contributed by atoms with Crippen LogP contribution in [0.4, 0.5) is 18.9 Å². The number of nitrogens with one attached hydrogen (secondary N) is 1. The number of alkyl halides is 3. The molecule has 7 heteroatoms. The monoisotopic (exact) mass is 283 g/mol. The van der Waals surface area contributed by atoms with Gasteiger partial charge in [0.25, 0.3) is 0 Å². The molecule has 1 saturated carbocycles. The first kappa shape index (κ1) is 14.3. The molecule has 1 aliphatic rings. The summed E-state index contributed by atoms with van der Waals surface area (Å²) in [5, 5.41) is 11.6. The van der Waals surface area contributed by atoms with Gasteiger partial charge in [0.15, 0.2) is 0 Å². The first-order chi connectivity index (χ1) is 9.37. The second-order valence-corrected chi connectivity index (χ2v) is 4.79. The van der Waals surface area contributed by atoms with Crippen molar-refractivity contribution in [3.8, 4) is 6.07 Å². The van der Waals surface area contributed by atoms with Crippen LogP contribution in [0.1, 0.15) is 31.4 Å². The van der Waals surface area contributed by atoms with Gasteiger partial charge in [0.1, 0.15) is 11.1 Å². The molecule has 0 aliphatic heterocycles. The fourth-order valence-electron chi connectivity index (χ4n) is 2.25. The van der Waals surface area contributed by atoms with E-state index in [1.807, 2.05) is 6.07 Å². The molecule has 4 nitrogen and oxygen atoms in total. The van der Waals surface area contributed by atoms with E-state index in [0.29, 0.717) is 12.8 Å². The number of pyridine rings is 1. The minimum atomic E-state index is -4.51. The van der Waals surface area contributed by atoms with Crippen molar-refractivity contribution in [1.29, 1.82) is 5.26 Å². The number of anilines is 1. The van der Waals surface area contributed by atoms with Crippen molar-refractivity contribution in [1.82, 2.24) is 4.98 Å². The van der Waals surface area contributed by atoms with Gasteiger partial charge in [-0.05, 0) is 25.0 Å². The summed E-state index contributed by atoms with van der Waals surface area (Å²) < 4.78 is 37.1. The fraction of sp³-hybridized carbons (Fsp3) is 0.462. The lowest BCUT2D eigenvalue weighted by atomic mass is 9.87. The van der Waals surface area contributed by atoms with Crippen molar-refractivity contribution < 1.29 is 18.0 Å². The highest BCUT2D eigenvalue weighted by Gasteiger charge is 2.41. The Morgan fingerprint density at radius 1 is 1.35 bits per heavy atom. The third-order valence-electron chi connectivity index (χ3n) is 3.42.